The van der Waals surface area contributed by atoms with E-state index in [1.54, 1.807) is 6.92 Å². The fraction of sp³-hybridized carbons (Fsp3) is 0.759. The fourth-order valence-corrected chi connectivity index (χ4v) is 9.08. The van der Waals surface area contributed by atoms with E-state index in [-0.39, 0.29) is 17.5 Å². The average molecular weight is 439 g/mol. The summed E-state index contributed by atoms with van der Waals surface area (Å²) in [6, 6.07) is 10.7. The Morgan fingerprint density at radius 2 is 1.75 bits per heavy atom. The molecule has 4 fully saturated rings. The van der Waals surface area contributed by atoms with Crippen molar-refractivity contribution in [2.45, 2.75) is 103 Å². The van der Waals surface area contributed by atoms with Crippen LogP contribution in [0.3, 0.4) is 0 Å². The second-order valence-corrected chi connectivity index (χ2v) is 12.2. The van der Waals surface area contributed by atoms with Crippen LogP contribution < -0.4 is 0 Å². The van der Waals surface area contributed by atoms with Gasteiger partial charge in [0.15, 0.2) is 0 Å². The molecule has 0 amide bonds. The summed E-state index contributed by atoms with van der Waals surface area (Å²) in [4.78, 5) is 11.5. The van der Waals surface area contributed by atoms with Crippen LogP contribution in [0.1, 0.15) is 90.5 Å². The van der Waals surface area contributed by atoms with Gasteiger partial charge in [-0.15, -0.1) is 0 Å². The van der Waals surface area contributed by atoms with Crippen LogP contribution in [0.2, 0.25) is 0 Å². The number of hydrogen-bond donors (Lipinski definition) is 1. The molecule has 0 heterocycles. The zero-order valence-electron chi connectivity index (χ0n) is 20.3. The molecule has 0 aliphatic heterocycles. The Kier molecular flexibility index (Phi) is 5.72. The van der Waals surface area contributed by atoms with Gasteiger partial charge < -0.3 is 9.84 Å². The van der Waals surface area contributed by atoms with Crippen LogP contribution in [0.25, 0.3) is 0 Å². The lowest BCUT2D eigenvalue weighted by atomic mass is 9.44. The summed E-state index contributed by atoms with van der Waals surface area (Å²) in [5.41, 5.74) is 1.26. The van der Waals surface area contributed by atoms with E-state index < -0.39 is 5.60 Å². The molecule has 1 aromatic carbocycles. The van der Waals surface area contributed by atoms with Crippen molar-refractivity contribution in [2.75, 3.05) is 0 Å². The van der Waals surface area contributed by atoms with Crippen molar-refractivity contribution < 1.29 is 14.6 Å². The molecular weight excluding hydrogens is 396 g/mol. The maximum atomic E-state index is 12.0. The van der Waals surface area contributed by atoms with E-state index in [0.717, 1.165) is 43.9 Å². The summed E-state index contributed by atoms with van der Waals surface area (Å²) in [6.07, 6.45) is 12.4. The third-order valence-corrected chi connectivity index (χ3v) is 10.9. The van der Waals surface area contributed by atoms with Crippen LogP contribution in [0.4, 0.5) is 0 Å². The van der Waals surface area contributed by atoms with E-state index in [9.17, 15) is 9.90 Å². The quantitative estimate of drug-likeness (QED) is 0.559. The first-order valence-electron chi connectivity index (χ1n) is 13.2. The number of carbonyl (C=O) groups excluding carboxylic acids is 1. The van der Waals surface area contributed by atoms with Crippen molar-refractivity contribution in [3.8, 4) is 0 Å². The van der Waals surface area contributed by atoms with Gasteiger partial charge in [-0.2, -0.15) is 0 Å². The molecule has 1 N–H and O–H groups in total. The number of fused-ring (bicyclic) bond motifs is 5. The van der Waals surface area contributed by atoms with Crippen LogP contribution in [0.15, 0.2) is 30.3 Å². The van der Waals surface area contributed by atoms with E-state index in [4.69, 9.17) is 4.74 Å². The minimum Gasteiger partial charge on any atom is -0.463 e. The highest BCUT2D eigenvalue weighted by atomic mass is 16.5. The molecule has 4 saturated carbocycles. The predicted molar refractivity (Wildman–Crippen MR) is 127 cm³/mol. The number of hydrogen-bond acceptors (Lipinski definition) is 3. The van der Waals surface area contributed by atoms with Gasteiger partial charge in [-0.05, 0) is 111 Å². The molecule has 32 heavy (non-hydrogen) atoms. The summed E-state index contributed by atoms with van der Waals surface area (Å²) in [5.74, 6) is 2.75. The third-order valence-electron chi connectivity index (χ3n) is 10.9. The highest BCUT2D eigenvalue weighted by molar-refractivity contribution is 5.66. The first-order chi connectivity index (χ1) is 15.3. The number of aliphatic hydroxyl groups is 1. The average Bonchev–Trinajstić information content (AvgIpc) is 3.04. The number of aryl methyl sites for hydroxylation is 1. The largest absolute Gasteiger partial charge is 0.463 e. The Morgan fingerprint density at radius 3 is 2.50 bits per heavy atom. The van der Waals surface area contributed by atoms with Crippen LogP contribution in [-0.4, -0.2) is 22.8 Å². The second kappa shape index (κ2) is 8.15. The molecule has 3 nitrogen and oxygen atoms in total. The summed E-state index contributed by atoms with van der Waals surface area (Å²) < 4.78 is 5.63. The lowest BCUT2D eigenvalue weighted by Gasteiger charge is -2.61. The van der Waals surface area contributed by atoms with Gasteiger partial charge in [-0.3, -0.25) is 4.79 Å². The Bertz CT molecular complexity index is 836. The number of carbonyl (C=O) groups is 1. The Balaban J connectivity index is 1.31. The molecule has 0 radical (unpaired) electrons. The zero-order chi connectivity index (χ0) is 22.6. The molecule has 0 aromatic heterocycles. The van der Waals surface area contributed by atoms with Gasteiger partial charge in [-0.1, -0.05) is 44.2 Å². The molecule has 4 aliphatic carbocycles. The molecule has 0 bridgehead atoms. The van der Waals surface area contributed by atoms with Gasteiger partial charge in [0, 0.05) is 6.92 Å². The smallest absolute Gasteiger partial charge is 0.302 e. The Labute approximate surface area is 194 Å². The highest BCUT2D eigenvalue weighted by Gasteiger charge is 2.64. The lowest BCUT2D eigenvalue weighted by Crippen LogP contribution is -2.57. The molecule has 176 valence electrons. The van der Waals surface area contributed by atoms with E-state index in [0.29, 0.717) is 17.3 Å². The summed E-state index contributed by atoms with van der Waals surface area (Å²) >= 11 is 0. The van der Waals surface area contributed by atoms with Crippen LogP contribution in [0.5, 0.6) is 0 Å². The zero-order valence-corrected chi connectivity index (χ0v) is 20.3. The maximum Gasteiger partial charge on any atom is 0.302 e. The molecule has 0 saturated heterocycles. The van der Waals surface area contributed by atoms with Gasteiger partial charge in [0.2, 0.25) is 0 Å². The first kappa shape index (κ1) is 22.4. The Morgan fingerprint density at radius 1 is 1.00 bits per heavy atom. The van der Waals surface area contributed by atoms with Gasteiger partial charge in [-0.25, -0.2) is 0 Å². The van der Waals surface area contributed by atoms with Gasteiger partial charge in [0.25, 0.3) is 0 Å². The Hall–Kier alpha value is -1.35. The first-order valence-corrected chi connectivity index (χ1v) is 13.2. The van der Waals surface area contributed by atoms with E-state index in [2.05, 4.69) is 44.2 Å². The van der Waals surface area contributed by atoms with E-state index in [1.165, 1.54) is 44.1 Å². The van der Waals surface area contributed by atoms with Crippen LogP contribution in [0, 0.1) is 34.5 Å². The van der Waals surface area contributed by atoms with E-state index in [1.807, 2.05) is 0 Å². The topological polar surface area (TPSA) is 46.5 Å². The normalized spacial score (nSPS) is 45.4. The van der Waals surface area contributed by atoms with Crippen molar-refractivity contribution in [1.29, 1.82) is 0 Å². The van der Waals surface area contributed by atoms with Gasteiger partial charge >= 0.3 is 5.97 Å². The predicted octanol–water partition coefficient (Wildman–Crippen LogP) is 6.32. The monoisotopic (exact) mass is 438 g/mol. The SMILES string of the molecule is CC(=O)O[C@H]1CC[C@@]2(C)[C@H](CC[C@@H]3[C@@H]2CC[C@@]2(C)[C@H]3CC[C@@]2(O)CCc2ccccc2)C1. The van der Waals surface area contributed by atoms with Crippen molar-refractivity contribution in [1.82, 2.24) is 0 Å². The van der Waals surface area contributed by atoms with Crippen molar-refractivity contribution in [3.63, 3.8) is 0 Å². The standard InChI is InChI=1S/C29H42O3/c1-20(30)32-23-12-15-27(2)22(19-23)9-10-24-25(27)13-16-28(3)26(24)14-18-29(28,31)17-11-21-7-5-4-6-8-21/h4-8,22-26,31H,9-19H2,1-3H3/t22-,23+,24-,25+,26+,27+,28+,29+/m1/s1. The highest BCUT2D eigenvalue weighted by Crippen LogP contribution is 2.68. The fourth-order valence-electron chi connectivity index (χ4n) is 9.08. The number of ether oxygens (including phenoxy) is 1. The van der Waals surface area contributed by atoms with Crippen molar-refractivity contribution in [3.05, 3.63) is 35.9 Å². The van der Waals surface area contributed by atoms with E-state index >= 15 is 0 Å². The minimum atomic E-state index is -0.525. The van der Waals surface area contributed by atoms with Crippen molar-refractivity contribution >= 4 is 5.97 Å². The van der Waals surface area contributed by atoms with Gasteiger partial charge in [0.05, 0.1) is 5.60 Å². The maximum absolute atomic E-state index is 12.0. The molecule has 0 unspecified atom stereocenters. The van der Waals surface area contributed by atoms with Crippen molar-refractivity contribution in [2.24, 2.45) is 34.5 Å². The molecule has 3 heteroatoms. The molecule has 4 aliphatic rings. The second-order valence-electron chi connectivity index (χ2n) is 12.2. The number of esters is 1. The minimum absolute atomic E-state index is 0.0566. The summed E-state index contributed by atoms with van der Waals surface area (Å²) in [6.45, 7) is 6.53. The molecular formula is C29H42O3. The molecule has 1 aromatic rings. The number of benzene rings is 1. The van der Waals surface area contributed by atoms with Crippen LogP contribution in [-0.2, 0) is 16.0 Å². The third kappa shape index (κ3) is 3.54. The van der Waals surface area contributed by atoms with Crippen LogP contribution >= 0.6 is 0 Å². The summed E-state index contributed by atoms with van der Waals surface area (Å²) in [7, 11) is 0. The summed E-state index contributed by atoms with van der Waals surface area (Å²) in [5, 5.41) is 12.0. The lowest BCUT2D eigenvalue weighted by molar-refractivity contribution is -0.170. The number of rotatable bonds is 4. The molecule has 0 spiro atoms. The molecule has 8 atom stereocenters. The molecule has 5 rings (SSSR count). The van der Waals surface area contributed by atoms with Gasteiger partial charge in [0.1, 0.15) is 6.10 Å².